The lowest BCUT2D eigenvalue weighted by Crippen LogP contribution is -2.20. The number of carboxylic acids is 1. The highest BCUT2D eigenvalue weighted by Gasteiger charge is 2.29. The van der Waals surface area contributed by atoms with E-state index in [0.717, 1.165) is 21.7 Å². The van der Waals surface area contributed by atoms with Gasteiger partial charge in [0, 0.05) is 22.5 Å². The van der Waals surface area contributed by atoms with Gasteiger partial charge in [0.1, 0.15) is 5.58 Å². The first kappa shape index (κ1) is 28.7. The summed E-state index contributed by atoms with van der Waals surface area (Å²) >= 11 is 3.44. The van der Waals surface area contributed by atoms with Crippen molar-refractivity contribution in [2.45, 2.75) is 18.4 Å². The van der Waals surface area contributed by atoms with Crippen LogP contribution in [0.15, 0.2) is 129 Å². The molecule has 2 unspecified atom stereocenters. The van der Waals surface area contributed by atoms with E-state index in [-0.39, 0.29) is 23.3 Å². The van der Waals surface area contributed by atoms with Gasteiger partial charge in [0.05, 0.1) is 17.1 Å². The van der Waals surface area contributed by atoms with Gasteiger partial charge in [-0.15, -0.1) is 0 Å². The second-order valence-electron chi connectivity index (χ2n) is 9.56. The highest BCUT2D eigenvalue weighted by Crippen LogP contribution is 2.40. The maximum absolute atomic E-state index is 13.5. The van der Waals surface area contributed by atoms with E-state index < -0.39 is 29.6 Å². The maximum Gasteiger partial charge on any atom is 0.343 e. The summed E-state index contributed by atoms with van der Waals surface area (Å²) in [5.74, 6) is -3.07. The molecule has 210 valence electrons. The molecule has 1 heterocycles. The number of carbonyl (C=O) groups is 2. The monoisotopic (exact) mass is 624 g/mol. The summed E-state index contributed by atoms with van der Waals surface area (Å²) in [6.07, 6.45) is 0.511. The lowest BCUT2D eigenvalue weighted by molar-refractivity contribution is -0.133. The Balaban J connectivity index is 1.56. The van der Waals surface area contributed by atoms with Gasteiger partial charge in [-0.3, -0.25) is 0 Å². The molecule has 0 bridgehead atoms. The number of aliphatic hydroxyl groups excluding tert-OH is 1. The van der Waals surface area contributed by atoms with Crippen LogP contribution in [0.2, 0.25) is 0 Å². The molecule has 0 radical (unpaired) electrons. The average Bonchev–Trinajstić information content (AvgIpc) is 3.00. The molecular weight excluding hydrogens is 600 g/mol. The van der Waals surface area contributed by atoms with E-state index in [0.29, 0.717) is 22.6 Å². The Bertz CT molecular complexity index is 1810. The minimum absolute atomic E-state index is 0.0440. The standard InChI is InChI=1S/C34H25BrO7/c35-25-16-14-22(15-17-25)21-10-12-24(13-11-21)28(36)20-27(23-6-2-1-3-7-23)32-33(42-31(39)19-18-30(37)38)26-8-4-5-9-29(26)41-34(32)40/h1-19,27-28,36H,20H2,(H,37,38)/b19-18-. The van der Waals surface area contributed by atoms with E-state index in [1.807, 2.05) is 78.9 Å². The molecule has 5 aromatic rings. The van der Waals surface area contributed by atoms with E-state index in [9.17, 15) is 19.5 Å². The van der Waals surface area contributed by atoms with Gasteiger partial charge >= 0.3 is 17.6 Å². The molecule has 0 fully saturated rings. The van der Waals surface area contributed by atoms with Crippen molar-refractivity contribution >= 4 is 38.8 Å². The molecule has 2 atom stereocenters. The van der Waals surface area contributed by atoms with Crippen molar-refractivity contribution in [3.63, 3.8) is 0 Å². The third kappa shape index (κ3) is 6.57. The number of hydrogen-bond donors (Lipinski definition) is 2. The highest BCUT2D eigenvalue weighted by atomic mass is 79.9. The number of aliphatic hydroxyl groups is 1. The van der Waals surface area contributed by atoms with Gasteiger partial charge in [-0.05, 0) is 52.9 Å². The third-order valence-electron chi connectivity index (χ3n) is 6.85. The van der Waals surface area contributed by atoms with E-state index in [4.69, 9.17) is 14.3 Å². The van der Waals surface area contributed by atoms with Crippen LogP contribution in [0.1, 0.15) is 35.1 Å². The number of aliphatic carboxylic acids is 1. The zero-order valence-electron chi connectivity index (χ0n) is 22.1. The van der Waals surface area contributed by atoms with Crippen molar-refractivity contribution in [1.29, 1.82) is 0 Å². The third-order valence-corrected chi connectivity index (χ3v) is 7.37. The molecule has 8 heteroatoms. The normalized spacial score (nSPS) is 12.7. The highest BCUT2D eigenvalue weighted by molar-refractivity contribution is 9.10. The van der Waals surface area contributed by atoms with Gasteiger partial charge in [-0.25, -0.2) is 14.4 Å². The van der Waals surface area contributed by atoms with Crippen LogP contribution in [0, 0.1) is 0 Å². The number of hydrogen-bond acceptors (Lipinski definition) is 6. The largest absolute Gasteiger partial charge is 0.478 e. The second kappa shape index (κ2) is 12.8. The molecule has 2 N–H and O–H groups in total. The Morgan fingerprint density at radius 1 is 0.810 bits per heavy atom. The fourth-order valence-corrected chi connectivity index (χ4v) is 5.09. The summed E-state index contributed by atoms with van der Waals surface area (Å²) in [7, 11) is 0. The summed E-state index contributed by atoms with van der Waals surface area (Å²) in [5.41, 5.74) is 2.87. The van der Waals surface area contributed by atoms with Gasteiger partial charge in [-0.1, -0.05) is 94.8 Å². The van der Waals surface area contributed by atoms with E-state index >= 15 is 0 Å². The topological polar surface area (TPSA) is 114 Å². The van der Waals surface area contributed by atoms with Gasteiger partial charge in [-0.2, -0.15) is 0 Å². The van der Waals surface area contributed by atoms with Crippen molar-refractivity contribution in [3.05, 3.63) is 147 Å². The molecule has 0 aliphatic heterocycles. The molecule has 42 heavy (non-hydrogen) atoms. The average molecular weight is 625 g/mol. The smallest absolute Gasteiger partial charge is 0.343 e. The Morgan fingerprint density at radius 3 is 2.10 bits per heavy atom. The van der Waals surface area contributed by atoms with Gasteiger partial charge in [0.25, 0.3) is 0 Å². The first-order valence-electron chi connectivity index (χ1n) is 13.1. The quantitative estimate of drug-likeness (QED) is 0.103. The first-order chi connectivity index (χ1) is 20.3. The van der Waals surface area contributed by atoms with Crippen LogP contribution >= 0.6 is 15.9 Å². The summed E-state index contributed by atoms with van der Waals surface area (Å²) in [6, 6.07) is 31.1. The lowest BCUT2D eigenvalue weighted by atomic mass is 9.84. The molecule has 5 rings (SSSR count). The Kier molecular flexibility index (Phi) is 8.76. The van der Waals surface area contributed by atoms with Crippen molar-refractivity contribution in [2.24, 2.45) is 0 Å². The predicted molar refractivity (Wildman–Crippen MR) is 162 cm³/mol. The second-order valence-corrected chi connectivity index (χ2v) is 10.5. The van der Waals surface area contributed by atoms with Crippen LogP contribution in [0.4, 0.5) is 0 Å². The predicted octanol–water partition coefficient (Wildman–Crippen LogP) is 7.02. The van der Waals surface area contributed by atoms with Crippen molar-refractivity contribution in [2.75, 3.05) is 0 Å². The van der Waals surface area contributed by atoms with Crippen molar-refractivity contribution < 1.29 is 29.0 Å². The van der Waals surface area contributed by atoms with Gasteiger partial charge in [0.2, 0.25) is 0 Å². The number of esters is 1. The number of rotatable bonds is 9. The van der Waals surface area contributed by atoms with Crippen molar-refractivity contribution in [3.8, 4) is 16.9 Å². The molecule has 0 saturated heterocycles. The van der Waals surface area contributed by atoms with Crippen LogP contribution in [0.5, 0.6) is 5.75 Å². The zero-order chi connectivity index (χ0) is 29.6. The number of ether oxygens (including phenoxy) is 1. The number of fused-ring (bicyclic) bond motifs is 1. The van der Waals surface area contributed by atoms with Crippen LogP contribution in [0.25, 0.3) is 22.1 Å². The number of para-hydroxylation sites is 1. The van der Waals surface area contributed by atoms with E-state index in [1.54, 1.807) is 24.3 Å². The summed E-state index contributed by atoms with van der Waals surface area (Å²) in [6.45, 7) is 0. The summed E-state index contributed by atoms with van der Waals surface area (Å²) < 4.78 is 12.2. The Labute approximate surface area is 249 Å². The van der Waals surface area contributed by atoms with Crippen LogP contribution in [0.3, 0.4) is 0 Å². The number of benzene rings is 4. The minimum atomic E-state index is -1.32. The molecule has 1 aromatic heterocycles. The van der Waals surface area contributed by atoms with Gasteiger partial charge in [0.15, 0.2) is 5.75 Å². The Morgan fingerprint density at radius 2 is 1.43 bits per heavy atom. The molecule has 0 aliphatic carbocycles. The molecule has 0 amide bonds. The molecule has 4 aromatic carbocycles. The number of carboxylic acid groups (broad SMARTS) is 1. The molecule has 0 aliphatic rings. The summed E-state index contributed by atoms with van der Waals surface area (Å²) in [4.78, 5) is 37.1. The van der Waals surface area contributed by atoms with Crippen molar-refractivity contribution in [1.82, 2.24) is 0 Å². The SMILES string of the molecule is O=C(O)/C=C\C(=O)Oc1c(C(CC(O)c2ccc(-c3ccc(Br)cc3)cc2)c2ccccc2)c(=O)oc2ccccc12. The number of halogens is 1. The molecular formula is C34H25BrO7. The van der Waals surface area contributed by atoms with E-state index in [1.165, 1.54) is 0 Å². The minimum Gasteiger partial charge on any atom is -0.478 e. The summed E-state index contributed by atoms with van der Waals surface area (Å²) in [5, 5.41) is 20.7. The molecule has 7 nitrogen and oxygen atoms in total. The maximum atomic E-state index is 13.5. The lowest BCUT2D eigenvalue weighted by Gasteiger charge is -2.23. The van der Waals surface area contributed by atoms with Crippen LogP contribution in [-0.2, 0) is 9.59 Å². The zero-order valence-corrected chi connectivity index (χ0v) is 23.7. The van der Waals surface area contributed by atoms with E-state index in [2.05, 4.69) is 15.9 Å². The molecule has 0 saturated carbocycles. The number of carbonyl (C=O) groups excluding carboxylic acids is 1. The Hall–Kier alpha value is -4.79. The van der Waals surface area contributed by atoms with Gasteiger partial charge < -0.3 is 19.4 Å². The van der Waals surface area contributed by atoms with Crippen LogP contribution < -0.4 is 10.4 Å². The van der Waals surface area contributed by atoms with Crippen LogP contribution in [-0.4, -0.2) is 22.2 Å². The first-order valence-corrected chi connectivity index (χ1v) is 13.9. The fraction of sp³-hybridized carbons (Fsp3) is 0.0882. The molecule has 0 spiro atoms. The fourth-order valence-electron chi connectivity index (χ4n) is 4.83.